The second-order valence-electron chi connectivity index (χ2n) is 8.46. The molecule has 0 saturated carbocycles. The van der Waals surface area contributed by atoms with Crippen LogP contribution >= 0.6 is 11.8 Å². The Hall–Kier alpha value is -3.21. The fourth-order valence-corrected chi connectivity index (χ4v) is 4.33. The highest BCUT2D eigenvalue weighted by Crippen LogP contribution is 2.39. The molecule has 0 bridgehead atoms. The molecule has 10 nitrogen and oxygen atoms in total. The molecule has 0 radical (unpaired) electrons. The van der Waals surface area contributed by atoms with Crippen molar-refractivity contribution in [2.45, 2.75) is 65.7 Å². The molecule has 202 valence electrons. The van der Waals surface area contributed by atoms with Gasteiger partial charge in [0.15, 0.2) is 22.3 Å². The van der Waals surface area contributed by atoms with E-state index in [4.69, 9.17) is 24.2 Å². The van der Waals surface area contributed by atoms with E-state index >= 15 is 0 Å². The van der Waals surface area contributed by atoms with Crippen LogP contribution in [0.3, 0.4) is 0 Å². The number of fused-ring (bicyclic) bond motifs is 1. The normalized spacial score (nSPS) is 11.1. The van der Waals surface area contributed by atoms with Gasteiger partial charge in [-0.2, -0.15) is 5.10 Å². The van der Waals surface area contributed by atoms with Gasteiger partial charge in [-0.15, -0.1) is 0 Å². The minimum Gasteiger partial charge on any atom is -0.490 e. The molecule has 2 aromatic heterocycles. The number of carbonyl (C=O) groups excluding carboxylic acids is 1. The number of anilines is 1. The molecule has 0 aliphatic rings. The third-order valence-corrected chi connectivity index (χ3v) is 6.17. The molecule has 0 unspecified atom stereocenters. The summed E-state index contributed by atoms with van der Waals surface area (Å²) in [6.07, 6.45) is 2.80. The van der Waals surface area contributed by atoms with Crippen molar-refractivity contribution < 1.29 is 19.0 Å². The van der Waals surface area contributed by atoms with Gasteiger partial charge in [-0.05, 0) is 53.2 Å². The summed E-state index contributed by atoms with van der Waals surface area (Å²) in [4.78, 5) is 22.5. The number of rotatable bonds is 15. The van der Waals surface area contributed by atoms with Crippen molar-refractivity contribution in [1.82, 2.24) is 25.1 Å². The molecular weight excluding hydrogens is 492 g/mol. The van der Waals surface area contributed by atoms with Gasteiger partial charge in [0.2, 0.25) is 5.75 Å². The maximum atomic E-state index is 13.0. The first-order valence-electron chi connectivity index (χ1n) is 12.9. The van der Waals surface area contributed by atoms with E-state index in [2.05, 4.69) is 36.5 Å². The number of amides is 1. The maximum Gasteiger partial charge on any atom is 0.251 e. The Bertz CT molecular complexity index is 1160. The summed E-state index contributed by atoms with van der Waals surface area (Å²) in [6, 6.07) is 3.59. The molecule has 0 aliphatic heterocycles. The van der Waals surface area contributed by atoms with Gasteiger partial charge in [0.05, 0.1) is 37.9 Å². The first-order chi connectivity index (χ1) is 17.9. The fourth-order valence-electron chi connectivity index (χ4n) is 3.64. The van der Waals surface area contributed by atoms with Crippen molar-refractivity contribution in [3.63, 3.8) is 0 Å². The molecule has 0 atom stereocenters. The van der Waals surface area contributed by atoms with Crippen LogP contribution in [0, 0.1) is 0 Å². The fraction of sp³-hybridized carbons (Fsp3) is 0.538. The smallest absolute Gasteiger partial charge is 0.251 e. The number of ether oxygens (including phenoxy) is 3. The van der Waals surface area contributed by atoms with E-state index in [0.29, 0.717) is 60.9 Å². The number of thioether (sulfide) groups is 1. The largest absolute Gasteiger partial charge is 0.490 e. The minimum absolute atomic E-state index is 0.224. The lowest BCUT2D eigenvalue weighted by molar-refractivity contribution is 0.0951. The Morgan fingerprint density at radius 3 is 2.30 bits per heavy atom. The van der Waals surface area contributed by atoms with Crippen LogP contribution in [0.15, 0.2) is 23.5 Å². The van der Waals surface area contributed by atoms with Gasteiger partial charge in [0.25, 0.3) is 5.91 Å². The molecule has 0 spiro atoms. The number of hydrogen-bond acceptors (Lipinski definition) is 9. The molecule has 3 rings (SSSR count). The summed E-state index contributed by atoms with van der Waals surface area (Å²) in [5, 5.41) is 12.5. The van der Waals surface area contributed by atoms with Gasteiger partial charge >= 0.3 is 0 Å². The lowest BCUT2D eigenvalue weighted by Crippen LogP contribution is -2.27. The highest BCUT2D eigenvalue weighted by atomic mass is 32.2. The Kier molecular flexibility index (Phi) is 10.7. The van der Waals surface area contributed by atoms with E-state index in [1.165, 1.54) is 0 Å². The number of hydrogen-bond donors (Lipinski definition) is 2. The molecule has 2 heterocycles. The Labute approximate surface area is 222 Å². The summed E-state index contributed by atoms with van der Waals surface area (Å²) in [6.45, 7) is 14.1. The summed E-state index contributed by atoms with van der Waals surface area (Å²) in [5.41, 5.74) is 1.18. The number of aromatic nitrogens is 4. The van der Waals surface area contributed by atoms with Crippen LogP contribution in [-0.2, 0) is 6.54 Å². The predicted octanol–water partition coefficient (Wildman–Crippen LogP) is 4.77. The van der Waals surface area contributed by atoms with Crippen molar-refractivity contribution in [1.29, 1.82) is 0 Å². The zero-order valence-electron chi connectivity index (χ0n) is 22.6. The van der Waals surface area contributed by atoms with Crippen LogP contribution in [0.4, 0.5) is 5.82 Å². The standard InChI is InChI=1S/C26H38N6O4S/c1-7-13-37-26-30-23(29-17(5)6)19-16-28-32(24(19)31-26)12-11-27-25(33)18-14-20(34-8-2)22(36-10-4)21(15-18)35-9-3/h14-17H,7-13H2,1-6H3,(H,27,33)(H,29,30,31). The zero-order chi connectivity index (χ0) is 26.8. The topological polar surface area (TPSA) is 112 Å². The third-order valence-electron chi connectivity index (χ3n) is 5.12. The van der Waals surface area contributed by atoms with E-state index < -0.39 is 0 Å². The van der Waals surface area contributed by atoms with Crippen LogP contribution in [0.2, 0.25) is 0 Å². The number of nitrogens with zero attached hydrogens (tertiary/aromatic N) is 4. The van der Waals surface area contributed by atoms with E-state index in [-0.39, 0.29) is 11.9 Å². The lowest BCUT2D eigenvalue weighted by Gasteiger charge is -2.17. The van der Waals surface area contributed by atoms with Crippen molar-refractivity contribution in [2.75, 3.05) is 37.4 Å². The van der Waals surface area contributed by atoms with E-state index in [0.717, 1.165) is 29.0 Å². The average Bonchev–Trinajstić information content (AvgIpc) is 3.27. The van der Waals surface area contributed by atoms with E-state index in [1.807, 2.05) is 20.8 Å². The SMILES string of the molecule is CCCSc1nc(NC(C)C)c2cnn(CCNC(=O)c3cc(OCC)c(OCC)c(OCC)c3)c2n1. The van der Waals surface area contributed by atoms with Crippen LogP contribution in [0.25, 0.3) is 11.0 Å². The quantitative estimate of drug-likeness (QED) is 0.212. The molecule has 0 saturated heterocycles. The molecule has 1 amide bonds. The molecule has 2 N–H and O–H groups in total. The molecular formula is C26H38N6O4S. The molecule has 37 heavy (non-hydrogen) atoms. The van der Waals surface area contributed by atoms with Crippen LogP contribution in [0.1, 0.15) is 58.3 Å². The van der Waals surface area contributed by atoms with Gasteiger partial charge in [-0.1, -0.05) is 18.7 Å². The van der Waals surface area contributed by atoms with Crippen LogP contribution in [0.5, 0.6) is 17.2 Å². The zero-order valence-corrected chi connectivity index (χ0v) is 23.4. The highest BCUT2D eigenvalue weighted by Gasteiger charge is 2.19. The van der Waals surface area contributed by atoms with Crippen molar-refractivity contribution in [2.24, 2.45) is 0 Å². The van der Waals surface area contributed by atoms with E-state index in [1.54, 1.807) is 34.8 Å². The predicted molar refractivity (Wildman–Crippen MR) is 147 cm³/mol. The monoisotopic (exact) mass is 530 g/mol. The maximum absolute atomic E-state index is 13.0. The Morgan fingerprint density at radius 2 is 1.70 bits per heavy atom. The van der Waals surface area contributed by atoms with Crippen LogP contribution < -0.4 is 24.8 Å². The number of nitrogens with one attached hydrogen (secondary N) is 2. The van der Waals surface area contributed by atoms with Gasteiger partial charge in [0, 0.05) is 23.9 Å². The highest BCUT2D eigenvalue weighted by molar-refractivity contribution is 7.99. The lowest BCUT2D eigenvalue weighted by atomic mass is 10.1. The molecule has 0 aliphatic carbocycles. The summed E-state index contributed by atoms with van der Waals surface area (Å²) in [7, 11) is 0. The van der Waals surface area contributed by atoms with Crippen molar-refractivity contribution >= 4 is 34.5 Å². The van der Waals surface area contributed by atoms with Gasteiger partial charge < -0.3 is 24.8 Å². The van der Waals surface area contributed by atoms with Crippen LogP contribution in [-0.4, -0.2) is 63.8 Å². The summed E-state index contributed by atoms with van der Waals surface area (Å²) >= 11 is 1.62. The van der Waals surface area contributed by atoms with Gasteiger partial charge in [0.1, 0.15) is 5.82 Å². The molecule has 1 aromatic carbocycles. The molecule has 0 fully saturated rings. The molecule has 3 aromatic rings. The third kappa shape index (κ3) is 7.41. The van der Waals surface area contributed by atoms with E-state index in [9.17, 15) is 4.79 Å². The molecule has 11 heteroatoms. The Morgan fingerprint density at radius 1 is 1.03 bits per heavy atom. The first-order valence-corrected chi connectivity index (χ1v) is 13.9. The average molecular weight is 531 g/mol. The second-order valence-corrected chi connectivity index (χ2v) is 9.53. The summed E-state index contributed by atoms with van der Waals surface area (Å²) in [5.74, 6) is 2.95. The van der Waals surface area contributed by atoms with Gasteiger partial charge in [-0.3, -0.25) is 4.79 Å². The number of benzene rings is 1. The van der Waals surface area contributed by atoms with Gasteiger partial charge in [-0.25, -0.2) is 14.6 Å². The second kappa shape index (κ2) is 13.9. The summed E-state index contributed by atoms with van der Waals surface area (Å²) < 4.78 is 19.0. The minimum atomic E-state index is -0.239. The van der Waals surface area contributed by atoms with Crippen molar-refractivity contribution in [3.05, 3.63) is 23.9 Å². The number of carbonyl (C=O) groups is 1. The van der Waals surface area contributed by atoms with Crippen molar-refractivity contribution in [3.8, 4) is 17.2 Å². The Balaban J connectivity index is 1.78. The first kappa shape index (κ1) is 28.4.